The maximum atomic E-state index is 13.2. The van der Waals surface area contributed by atoms with Crippen LogP contribution in [0.1, 0.15) is 22.7 Å². The van der Waals surface area contributed by atoms with E-state index in [4.69, 9.17) is 4.74 Å². The standard InChI is InChI=1S/C24H19BrN2O4/c1-14-6-7-19(31-2)18(12-14)22(28)20-21(15-8-10-26-11-9-15)27(24(30)23(20)29)17-5-3-4-16(25)13-17/h3-13,21,28H,1-2H3/b22-20+. The third-order valence-corrected chi connectivity index (χ3v) is 5.66. The zero-order valence-corrected chi connectivity index (χ0v) is 18.5. The van der Waals surface area contributed by atoms with Crippen LogP contribution in [-0.2, 0) is 9.59 Å². The van der Waals surface area contributed by atoms with Crippen LogP contribution in [0.5, 0.6) is 5.75 Å². The van der Waals surface area contributed by atoms with Gasteiger partial charge in [0, 0.05) is 22.6 Å². The highest BCUT2D eigenvalue weighted by atomic mass is 79.9. The highest BCUT2D eigenvalue weighted by Gasteiger charge is 2.47. The molecule has 4 rings (SSSR count). The second-order valence-electron chi connectivity index (χ2n) is 7.13. The Morgan fingerprint density at radius 1 is 1.10 bits per heavy atom. The molecule has 0 aliphatic carbocycles. The average molecular weight is 479 g/mol. The first-order chi connectivity index (χ1) is 14.9. The maximum Gasteiger partial charge on any atom is 0.300 e. The van der Waals surface area contributed by atoms with Gasteiger partial charge in [-0.3, -0.25) is 19.5 Å². The summed E-state index contributed by atoms with van der Waals surface area (Å²) in [5.41, 5.74) is 2.42. The van der Waals surface area contributed by atoms with Crippen molar-refractivity contribution in [3.05, 3.63) is 93.7 Å². The molecule has 1 amide bonds. The number of hydrogen-bond acceptors (Lipinski definition) is 5. The minimum atomic E-state index is -0.817. The monoisotopic (exact) mass is 478 g/mol. The molecule has 1 N–H and O–H groups in total. The van der Waals surface area contributed by atoms with Crippen molar-refractivity contribution >= 4 is 39.1 Å². The van der Waals surface area contributed by atoms with Crippen LogP contribution in [0.2, 0.25) is 0 Å². The molecule has 1 aliphatic rings. The molecule has 1 aliphatic heterocycles. The smallest absolute Gasteiger partial charge is 0.300 e. The van der Waals surface area contributed by atoms with E-state index in [2.05, 4.69) is 20.9 Å². The fourth-order valence-electron chi connectivity index (χ4n) is 3.74. The summed E-state index contributed by atoms with van der Waals surface area (Å²) in [4.78, 5) is 31.8. The van der Waals surface area contributed by atoms with Gasteiger partial charge in [0.05, 0.1) is 24.3 Å². The van der Waals surface area contributed by atoms with E-state index in [1.807, 2.05) is 19.1 Å². The molecule has 7 heteroatoms. The number of rotatable bonds is 4. The van der Waals surface area contributed by atoms with Gasteiger partial charge < -0.3 is 9.84 Å². The van der Waals surface area contributed by atoms with E-state index < -0.39 is 17.7 Å². The van der Waals surface area contributed by atoms with E-state index in [0.29, 0.717) is 22.6 Å². The van der Waals surface area contributed by atoms with Crippen molar-refractivity contribution in [1.29, 1.82) is 0 Å². The fraction of sp³-hybridized carbons (Fsp3) is 0.125. The van der Waals surface area contributed by atoms with E-state index >= 15 is 0 Å². The lowest BCUT2D eigenvalue weighted by Crippen LogP contribution is -2.29. The van der Waals surface area contributed by atoms with E-state index in [1.165, 1.54) is 12.0 Å². The summed E-state index contributed by atoms with van der Waals surface area (Å²) in [5, 5.41) is 11.3. The van der Waals surface area contributed by atoms with Gasteiger partial charge in [-0.1, -0.05) is 33.6 Å². The number of Topliss-reactive ketones (excluding diaryl/α,β-unsaturated/α-hetero) is 1. The molecular weight excluding hydrogens is 460 g/mol. The number of pyridine rings is 1. The largest absolute Gasteiger partial charge is 0.507 e. The number of aromatic nitrogens is 1. The summed E-state index contributed by atoms with van der Waals surface area (Å²) in [5.74, 6) is -1.35. The molecule has 1 saturated heterocycles. The molecule has 2 aromatic carbocycles. The summed E-state index contributed by atoms with van der Waals surface area (Å²) < 4.78 is 6.16. The molecule has 2 heterocycles. The normalized spacial score (nSPS) is 17.8. The van der Waals surface area contributed by atoms with E-state index in [0.717, 1.165) is 10.0 Å². The lowest BCUT2D eigenvalue weighted by Gasteiger charge is -2.25. The molecule has 1 atom stereocenters. The van der Waals surface area contributed by atoms with E-state index in [9.17, 15) is 14.7 Å². The van der Waals surface area contributed by atoms with Crippen molar-refractivity contribution in [2.75, 3.05) is 12.0 Å². The Hall–Kier alpha value is -3.45. The van der Waals surface area contributed by atoms with Gasteiger partial charge in [-0.05, 0) is 55.0 Å². The molecule has 31 heavy (non-hydrogen) atoms. The summed E-state index contributed by atoms with van der Waals surface area (Å²) in [6.45, 7) is 1.87. The minimum Gasteiger partial charge on any atom is -0.507 e. The first-order valence-electron chi connectivity index (χ1n) is 9.54. The number of aliphatic hydroxyl groups excluding tert-OH is 1. The van der Waals surface area contributed by atoms with Crippen LogP contribution in [-0.4, -0.2) is 28.9 Å². The Morgan fingerprint density at radius 2 is 1.84 bits per heavy atom. The van der Waals surface area contributed by atoms with Crippen LogP contribution in [0.3, 0.4) is 0 Å². The van der Waals surface area contributed by atoms with Crippen LogP contribution in [0.25, 0.3) is 5.76 Å². The number of aliphatic hydroxyl groups is 1. The van der Waals surface area contributed by atoms with Gasteiger partial charge in [-0.2, -0.15) is 0 Å². The maximum absolute atomic E-state index is 13.2. The third-order valence-electron chi connectivity index (χ3n) is 5.16. The van der Waals surface area contributed by atoms with Crippen LogP contribution >= 0.6 is 15.9 Å². The Kier molecular flexibility index (Phi) is 5.61. The number of carbonyl (C=O) groups excluding carboxylic acids is 2. The topological polar surface area (TPSA) is 79.7 Å². The molecule has 1 aromatic heterocycles. The van der Waals surface area contributed by atoms with Crippen molar-refractivity contribution in [2.45, 2.75) is 13.0 Å². The predicted molar refractivity (Wildman–Crippen MR) is 121 cm³/mol. The van der Waals surface area contributed by atoms with Gasteiger partial charge in [0.25, 0.3) is 11.7 Å². The predicted octanol–water partition coefficient (Wildman–Crippen LogP) is 4.79. The van der Waals surface area contributed by atoms with Crippen molar-refractivity contribution in [1.82, 2.24) is 4.98 Å². The number of methoxy groups -OCH3 is 1. The molecule has 156 valence electrons. The van der Waals surface area contributed by atoms with Crippen LogP contribution in [0.15, 0.2) is 77.0 Å². The number of amides is 1. The quantitative estimate of drug-likeness (QED) is 0.331. The Balaban J connectivity index is 1.99. The first kappa shape index (κ1) is 20.8. The molecule has 0 saturated carbocycles. The summed E-state index contributed by atoms with van der Waals surface area (Å²) >= 11 is 3.42. The molecule has 1 fully saturated rings. The number of benzene rings is 2. The molecular formula is C24H19BrN2O4. The number of hydrogen-bond donors (Lipinski definition) is 1. The average Bonchev–Trinajstić information content (AvgIpc) is 3.04. The van der Waals surface area contributed by atoms with Gasteiger partial charge >= 0.3 is 0 Å². The summed E-state index contributed by atoms with van der Waals surface area (Å²) in [7, 11) is 1.49. The number of ether oxygens (including phenoxy) is 1. The number of carbonyl (C=O) groups is 2. The van der Waals surface area contributed by atoms with Gasteiger partial charge in [0.2, 0.25) is 0 Å². The lowest BCUT2D eigenvalue weighted by molar-refractivity contribution is -0.132. The fourth-order valence-corrected chi connectivity index (χ4v) is 4.13. The number of nitrogens with zero attached hydrogens (tertiary/aromatic N) is 2. The molecule has 0 spiro atoms. The number of ketones is 1. The van der Waals surface area contributed by atoms with Gasteiger partial charge in [-0.25, -0.2) is 0 Å². The Bertz CT molecular complexity index is 1210. The number of anilines is 1. The second-order valence-corrected chi connectivity index (χ2v) is 8.05. The van der Waals surface area contributed by atoms with Crippen molar-refractivity contribution < 1.29 is 19.4 Å². The highest BCUT2D eigenvalue weighted by Crippen LogP contribution is 2.43. The third kappa shape index (κ3) is 3.72. The summed E-state index contributed by atoms with van der Waals surface area (Å²) in [6.07, 6.45) is 3.17. The van der Waals surface area contributed by atoms with Gasteiger partial charge in [0.1, 0.15) is 11.5 Å². The van der Waals surface area contributed by atoms with Gasteiger partial charge in [-0.15, -0.1) is 0 Å². The molecule has 1 unspecified atom stereocenters. The van der Waals surface area contributed by atoms with Crippen molar-refractivity contribution in [3.63, 3.8) is 0 Å². The zero-order chi connectivity index (χ0) is 22.1. The van der Waals surface area contributed by atoms with Crippen LogP contribution in [0.4, 0.5) is 5.69 Å². The lowest BCUT2D eigenvalue weighted by atomic mass is 9.95. The Labute approximate surface area is 187 Å². The first-order valence-corrected chi connectivity index (χ1v) is 10.3. The van der Waals surface area contributed by atoms with Crippen molar-refractivity contribution in [3.8, 4) is 5.75 Å². The SMILES string of the molecule is COc1ccc(C)cc1/C(O)=C1\C(=O)C(=O)N(c2cccc(Br)c2)C1c1ccncc1. The molecule has 6 nitrogen and oxygen atoms in total. The van der Waals surface area contributed by atoms with Crippen molar-refractivity contribution in [2.24, 2.45) is 0 Å². The van der Waals surface area contributed by atoms with E-state index in [1.54, 1.807) is 54.9 Å². The molecule has 0 radical (unpaired) electrons. The second kappa shape index (κ2) is 8.35. The Morgan fingerprint density at radius 3 is 2.52 bits per heavy atom. The van der Waals surface area contributed by atoms with Crippen LogP contribution < -0.4 is 9.64 Å². The number of aryl methyl sites for hydroxylation is 1. The molecule has 0 bridgehead atoms. The van der Waals surface area contributed by atoms with Crippen LogP contribution in [0, 0.1) is 6.92 Å². The highest BCUT2D eigenvalue weighted by molar-refractivity contribution is 9.10. The zero-order valence-electron chi connectivity index (χ0n) is 16.9. The minimum absolute atomic E-state index is 0.0000699. The van der Waals surface area contributed by atoms with Gasteiger partial charge in [0.15, 0.2) is 0 Å². The number of halogens is 1. The molecule has 3 aromatic rings. The summed E-state index contributed by atoms with van der Waals surface area (Å²) in [6, 6.07) is 15.0. The van der Waals surface area contributed by atoms with E-state index in [-0.39, 0.29) is 11.3 Å².